The average molecular weight is 317 g/mol. The predicted octanol–water partition coefficient (Wildman–Crippen LogP) is 0.746. The molecule has 2 atom stereocenters. The highest BCUT2D eigenvalue weighted by molar-refractivity contribution is 7.89. The van der Waals surface area contributed by atoms with Crippen LogP contribution in [-0.4, -0.2) is 42.9 Å². The third kappa shape index (κ3) is 3.10. The summed E-state index contributed by atoms with van der Waals surface area (Å²) in [5.74, 6) is 0. The second-order valence-electron chi connectivity index (χ2n) is 4.69. The van der Waals surface area contributed by atoms with Gasteiger partial charge in [0.1, 0.15) is 11.0 Å². The lowest BCUT2D eigenvalue weighted by Gasteiger charge is -2.36. The quantitative estimate of drug-likeness (QED) is 0.870. The van der Waals surface area contributed by atoms with Crippen LogP contribution in [0.4, 0.5) is 0 Å². The average Bonchev–Trinajstić information content (AvgIpc) is 2.41. The normalized spacial score (nSPS) is 23.6. The Kier molecular flexibility index (Phi) is 5.48. The van der Waals surface area contributed by atoms with Crippen LogP contribution in [0.25, 0.3) is 0 Å². The molecule has 1 N–H and O–H groups in total. The molecule has 1 aromatic rings. The number of aromatic nitrogens is 1. The van der Waals surface area contributed by atoms with E-state index in [9.17, 15) is 8.42 Å². The summed E-state index contributed by atoms with van der Waals surface area (Å²) in [5.41, 5.74) is -0.0547. The van der Waals surface area contributed by atoms with E-state index in [1.807, 2.05) is 19.9 Å². The molecule has 1 aromatic heterocycles. The van der Waals surface area contributed by atoms with Crippen molar-refractivity contribution in [2.75, 3.05) is 13.1 Å². The van der Waals surface area contributed by atoms with Gasteiger partial charge in [-0.15, -0.1) is 12.4 Å². The van der Waals surface area contributed by atoms with E-state index >= 15 is 0 Å². The molecule has 8 heteroatoms. The first-order chi connectivity index (χ1) is 8.96. The van der Waals surface area contributed by atoms with Crippen molar-refractivity contribution in [3.8, 4) is 6.07 Å². The molecule has 1 saturated heterocycles. The van der Waals surface area contributed by atoms with Crippen molar-refractivity contribution in [2.24, 2.45) is 0 Å². The molecule has 2 rings (SSSR count). The van der Waals surface area contributed by atoms with E-state index in [0.717, 1.165) is 0 Å². The maximum atomic E-state index is 12.6. The predicted molar refractivity (Wildman–Crippen MR) is 77.0 cm³/mol. The standard InChI is InChI=1S/C12H16N4O2S.ClH/c1-9-8-16(10(2)7-15-9)19(17,18)12-4-3-5-14-11(12)6-13;/h3-5,9-10,15H,7-8H2,1-2H3;1H. The van der Waals surface area contributed by atoms with Gasteiger partial charge in [-0.1, -0.05) is 0 Å². The summed E-state index contributed by atoms with van der Waals surface area (Å²) < 4.78 is 26.7. The lowest BCUT2D eigenvalue weighted by molar-refractivity contribution is 0.244. The molecular weight excluding hydrogens is 300 g/mol. The third-order valence-corrected chi connectivity index (χ3v) is 5.18. The number of nitrogens with one attached hydrogen (secondary N) is 1. The smallest absolute Gasteiger partial charge is 0.246 e. The van der Waals surface area contributed by atoms with Gasteiger partial charge in [0.25, 0.3) is 0 Å². The molecule has 2 unspecified atom stereocenters. The highest BCUT2D eigenvalue weighted by Crippen LogP contribution is 2.22. The van der Waals surface area contributed by atoms with Crippen molar-refractivity contribution in [3.05, 3.63) is 24.0 Å². The van der Waals surface area contributed by atoms with Crippen LogP contribution in [0, 0.1) is 11.3 Å². The maximum absolute atomic E-state index is 12.6. The van der Waals surface area contributed by atoms with Crippen molar-refractivity contribution >= 4 is 22.4 Å². The van der Waals surface area contributed by atoms with Crippen molar-refractivity contribution < 1.29 is 8.42 Å². The Balaban J connectivity index is 0.00000200. The first-order valence-electron chi connectivity index (χ1n) is 6.07. The Morgan fingerprint density at radius 1 is 1.50 bits per heavy atom. The van der Waals surface area contributed by atoms with E-state index in [-0.39, 0.29) is 35.1 Å². The zero-order chi connectivity index (χ0) is 14.0. The fraction of sp³-hybridized carbons (Fsp3) is 0.500. The lowest BCUT2D eigenvalue weighted by Crippen LogP contribution is -2.56. The zero-order valence-corrected chi connectivity index (χ0v) is 12.9. The van der Waals surface area contributed by atoms with Crippen molar-refractivity contribution in [1.29, 1.82) is 5.26 Å². The van der Waals surface area contributed by atoms with Crippen molar-refractivity contribution in [2.45, 2.75) is 30.8 Å². The van der Waals surface area contributed by atoms with Crippen LogP contribution < -0.4 is 5.32 Å². The third-order valence-electron chi connectivity index (χ3n) is 3.17. The van der Waals surface area contributed by atoms with Crippen molar-refractivity contribution in [3.63, 3.8) is 0 Å². The number of halogens is 1. The van der Waals surface area contributed by atoms with E-state index < -0.39 is 10.0 Å². The molecule has 0 spiro atoms. The Morgan fingerprint density at radius 2 is 2.20 bits per heavy atom. The fourth-order valence-electron chi connectivity index (χ4n) is 2.13. The zero-order valence-electron chi connectivity index (χ0n) is 11.3. The minimum Gasteiger partial charge on any atom is -0.311 e. The van der Waals surface area contributed by atoms with Crippen LogP contribution >= 0.6 is 12.4 Å². The summed E-state index contributed by atoms with van der Waals surface area (Å²) >= 11 is 0. The number of piperazine rings is 1. The number of sulfonamides is 1. The minimum absolute atomic E-state index is 0. The molecule has 0 amide bonds. The van der Waals surface area contributed by atoms with Crippen molar-refractivity contribution in [1.82, 2.24) is 14.6 Å². The summed E-state index contributed by atoms with van der Waals surface area (Å²) in [7, 11) is -3.68. The van der Waals surface area contributed by atoms with Gasteiger partial charge in [0.05, 0.1) is 0 Å². The van der Waals surface area contributed by atoms with Crippen LogP contribution in [0.2, 0.25) is 0 Å². The summed E-state index contributed by atoms with van der Waals surface area (Å²) in [6, 6.07) is 4.74. The summed E-state index contributed by atoms with van der Waals surface area (Å²) in [5, 5.41) is 12.2. The van der Waals surface area contributed by atoms with Crippen LogP contribution in [0.5, 0.6) is 0 Å². The van der Waals surface area contributed by atoms with Crippen LogP contribution in [0.15, 0.2) is 23.2 Å². The van der Waals surface area contributed by atoms with Gasteiger partial charge in [0.15, 0.2) is 5.69 Å². The number of pyridine rings is 1. The van der Waals surface area contributed by atoms with E-state index in [1.165, 1.54) is 22.6 Å². The van der Waals surface area contributed by atoms with Gasteiger partial charge in [0, 0.05) is 31.4 Å². The van der Waals surface area contributed by atoms with Gasteiger partial charge in [-0.25, -0.2) is 13.4 Å². The molecule has 0 aliphatic carbocycles. The number of hydrogen-bond acceptors (Lipinski definition) is 5. The summed E-state index contributed by atoms with van der Waals surface area (Å²) in [6.45, 7) is 4.77. The molecule has 110 valence electrons. The number of nitrogens with zero attached hydrogens (tertiary/aromatic N) is 3. The van der Waals surface area contributed by atoms with Gasteiger partial charge in [-0.3, -0.25) is 0 Å². The lowest BCUT2D eigenvalue weighted by atomic mass is 10.2. The molecule has 1 fully saturated rings. The van der Waals surface area contributed by atoms with Gasteiger partial charge in [-0.2, -0.15) is 9.57 Å². The highest BCUT2D eigenvalue weighted by Gasteiger charge is 2.34. The fourth-order valence-corrected chi connectivity index (χ4v) is 3.95. The van der Waals surface area contributed by atoms with E-state index in [2.05, 4.69) is 10.3 Å². The van der Waals surface area contributed by atoms with E-state index in [4.69, 9.17) is 5.26 Å². The van der Waals surface area contributed by atoms with Crippen LogP contribution in [-0.2, 0) is 10.0 Å². The van der Waals surface area contributed by atoms with Gasteiger partial charge >= 0.3 is 0 Å². The second kappa shape index (κ2) is 6.50. The van der Waals surface area contributed by atoms with E-state index in [1.54, 1.807) is 0 Å². The number of hydrogen-bond donors (Lipinski definition) is 1. The molecule has 1 aliphatic rings. The summed E-state index contributed by atoms with van der Waals surface area (Å²) in [6.07, 6.45) is 1.42. The number of nitriles is 1. The van der Waals surface area contributed by atoms with Gasteiger partial charge in [0.2, 0.25) is 10.0 Å². The van der Waals surface area contributed by atoms with Crippen LogP contribution in [0.1, 0.15) is 19.5 Å². The Hall–Kier alpha value is -1.20. The SMILES string of the molecule is CC1CN(S(=O)(=O)c2cccnc2C#N)C(C)CN1.Cl. The second-order valence-corrected chi connectivity index (χ2v) is 6.55. The van der Waals surface area contributed by atoms with Gasteiger partial charge in [-0.05, 0) is 26.0 Å². The number of rotatable bonds is 2. The first-order valence-corrected chi connectivity index (χ1v) is 7.51. The largest absolute Gasteiger partial charge is 0.311 e. The molecule has 0 bridgehead atoms. The molecule has 2 heterocycles. The molecule has 20 heavy (non-hydrogen) atoms. The molecular formula is C12H17ClN4O2S. The Labute approximate surface area is 125 Å². The molecule has 6 nitrogen and oxygen atoms in total. The maximum Gasteiger partial charge on any atom is 0.246 e. The van der Waals surface area contributed by atoms with Crippen LogP contribution in [0.3, 0.4) is 0 Å². The monoisotopic (exact) mass is 316 g/mol. The first kappa shape index (κ1) is 16.9. The summed E-state index contributed by atoms with van der Waals surface area (Å²) in [4.78, 5) is 3.80. The van der Waals surface area contributed by atoms with E-state index in [0.29, 0.717) is 13.1 Å². The molecule has 0 radical (unpaired) electrons. The minimum atomic E-state index is -3.68. The Morgan fingerprint density at radius 3 is 2.85 bits per heavy atom. The topological polar surface area (TPSA) is 86.1 Å². The molecule has 1 aliphatic heterocycles. The highest BCUT2D eigenvalue weighted by atomic mass is 35.5. The molecule has 0 saturated carbocycles. The molecule has 0 aromatic carbocycles. The van der Waals surface area contributed by atoms with Gasteiger partial charge < -0.3 is 5.32 Å². The Bertz CT molecular complexity index is 614.